The van der Waals surface area contributed by atoms with E-state index in [1.54, 1.807) is 16.9 Å². The summed E-state index contributed by atoms with van der Waals surface area (Å²) in [6.45, 7) is 2.37. The van der Waals surface area contributed by atoms with Crippen LogP contribution in [0, 0.1) is 6.92 Å². The number of fused-ring (bicyclic) bond motifs is 1. The highest BCUT2D eigenvalue weighted by molar-refractivity contribution is 5.43. The Bertz CT molecular complexity index is 643. The highest BCUT2D eigenvalue weighted by Crippen LogP contribution is 2.09. The Morgan fingerprint density at radius 1 is 1.41 bits per heavy atom. The molecular formula is C9H9N7O. The molecule has 0 spiro atoms. The molecule has 3 aromatic rings. The van der Waals surface area contributed by atoms with Gasteiger partial charge in [0.2, 0.25) is 0 Å². The molecule has 3 aromatic heterocycles. The lowest BCUT2D eigenvalue weighted by Crippen LogP contribution is -2.05. The summed E-state index contributed by atoms with van der Waals surface area (Å²) in [5, 5.41) is 18.1. The van der Waals surface area contributed by atoms with Crippen molar-refractivity contribution in [2.45, 2.75) is 13.5 Å². The minimum Gasteiger partial charge on any atom is -0.361 e. The van der Waals surface area contributed by atoms with Gasteiger partial charge < -0.3 is 9.84 Å². The summed E-state index contributed by atoms with van der Waals surface area (Å²) in [5.41, 5.74) is 1.43. The first-order valence-electron chi connectivity index (χ1n) is 5.01. The minimum atomic E-state index is 0.501. The van der Waals surface area contributed by atoms with Crippen LogP contribution in [0.3, 0.4) is 0 Å². The molecule has 3 rings (SSSR count). The Morgan fingerprint density at radius 2 is 2.35 bits per heavy atom. The van der Waals surface area contributed by atoms with Crippen LogP contribution in [0.25, 0.3) is 5.65 Å². The van der Waals surface area contributed by atoms with Crippen LogP contribution < -0.4 is 5.32 Å². The second-order valence-corrected chi connectivity index (χ2v) is 3.53. The summed E-state index contributed by atoms with van der Waals surface area (Å²) in [4.78, 5) is 4.03. The van der Waals surface area contributed by atoms with E-state index in [2.05, 4.69) is 31.0 Å². The first kappa shape index (κ1) is 9.70. The van der Waals surface area contributed by atoms with Gasteiger partial charge in [-0.2, -0.15) is 4.52 Å². The monoisotopic (exact) mass is 231 g/mol. The van der Waals surface area contributed by atoms with Crippen LogP contribution in [0.5, 0.6) is 0 Å². The lowest BCUT2D eigenvalue weighted by atomic mass is 10.4. The quantitative estimate of drug-likeness (QED) is 0.698. The van der Waals surface area contributed by atoms with E-state index in [1.165, 1.54) is 0 Å². The van der Waals surface area contributed by atoms with Gasteiger partial charge in [-0.25, -0.2) is 0 Å². The first-order chi connectivity index (χ1) is 8.33. The second kappa shape index (κ2) is 3.81. The third kappa shape index (κ3) is 1.80. The topological polar surface area (TPSA) is 94.0 Å². The number of anilines is 1. The maximum Gasteiger partial charge on any atom is 0.199 e. The van der Waals surface area contributed by atoms with Gasteiger partial charge in [0.05, 0.1) is 24.6 Å². The van der Waals surface area contributed by atoms with Gasteiger partial charge in [-0.1, -0.05) is 5.16 Å². The van der Waals surface area contributed by atoms with Gasteiger partial charge in [-0.15, -0.1) is 5.10 Å². The summed E-state index contributed by atoms with van der Waals surface area (Å²) in [5.74, 6) is 1.44. The Hall–Kier alpha value is -2.51. The average molecular weight is 231 g/mol. The molecule has 3 heterocycles. The maximum atomic E-state index is 5.09. The molecule has 0 aromatic carbocycles. The van der Waals surface area contributed by atoms with Crippen LogP contribution in [0.4, 0.5) is 5.82 Å². The van der Waals surface area contributed by atoms with Crippen molar-refractivity contribution in [3.05, 3.63) is 29.9 Å². The predicted molar refractivity (Wildman–Crippen MR) is 57.1 cm³/mol. The molecule has 1 N–H and O–H groups in total. The fraction of sp³-hybridized carbons (Fsp3) is 0.222. The van der Waals surface area contributed by atoms with Crippen molar-refractivity contribution < 1.29 is 4.52 Å². The van der Waals surface area contributed by atoms with E-state index in [9.17, 15) is 0 Å². The number of nitrogens with zero attached hydrogens (tertiary/aromatic N) is 6. The zero-order chi connectivity index (χ0) is 11.7. The van der Waals surface area contributed by atoms with Gasteiger partial charge >= 0.3 is 0 Å². The van der Waals surface area contributed by atoms with Crippen molar-refractivity contribution >= 4 is 11.5 Å². The van der Waals surface area contributed by atoms with Crippen LogP contribution in [-0.2, 0) is 6.54 Å². The molecule has 0 unspecified atom stereocenters. The summed E-state index contributed by atoms with van der Waals surface area (Å²) >= 11 is 0. The summed E-state index contributed by atoms with van der Waals surface area (Å²) < 4.78 is 6.65. The Kier molecular flexibility index (Phi) is 2.18. The molecule has 0 radical (unpaired) electrons. The SMILES string of the molecule is Cc1cc(CNc2cncc3nnnn23)on1. The van der Waals surface area contributed by atoms with Gasteiger partial charge in [-0.3, -0.25) is 4.98 Å². The lowest BCUT2D eigenvalue weighted by molar-refractivity contribution is 0.384. The highest BCUT2D eigenvalue weighted by Gasteiger charge is 2.05. The van der Waals surface area contributed by atoms with Crippen molar-refractivity contribution in [1.29, 1.82) is 0 Å². The molecule has 0 atom stereocenters. The number of rotatable bonds is 3. The van der Waals surface area contributed by atoms with Crippen molar-refractivity contribution in [2.24, 2.45) is 0 Å². The molecule has 0 fully saturated rings. The van der Waals surface area contributed by atoms with E-state index in [1.807, 2.05) is 13.0 Å². The van der Waals surface area contributed by atoms with Crippen LogP contribution in [0.2, 0.25) is 0 Å². The van der Waals surface area contributed by atoms with Crippen LogP contribution in [-0.4, -0.2) is 30.2 Å². The van der Waals surface area contributed by atoms with Crippen molar-refractivity contribution in [3.63, 3.8) is 0 Å². The van der Waals surface area contributed by atoms with Crippen LogP contribution in [0.15, 0.2) is 23.0 Å². The van der Waals surface area contributed by atoms with E-state index >= 15 is 0 Å². The Morgan fingerprint density at radius 3 is 3.18 bits per heavy atom. The molecular weight excluding hydrogens is 222 g/mol. The van der Waals surface area contributed by atoms with E-state index in [-0.39, 0.29) is 0 Å². The Labute approximate surface area is 95.6 Å². The molecule has 17 heavy (non-hydrogen) atoms. The van der Waals surface area contributed by atoms with Crippen LogP contribution >= 0.6 is 0 Å². The maximum absolute atomic E-state index is 5.09. The molecule has 0 saturated carbocycles. The van der Waals surface area contributed by atoms with Gasteiger partial charge in [0.1, 0.15) is 0 Å². The van der Waals surface area contributed by atoms with Gasteiger partial charge in [0.15, 0.2) is 17.2 Å². The highest BCUT2D eigenvalue weighted by atomic mass is 16.5. The molecule has 0 amide bonds. The zero-order valence-corrected chi connectivity index (χ0v) is 9.03. The van der Waals surface area contributed by atoms with Crippen molar-refractivity contribution in [3.8, 4) is 0 Å². The molecule has 0 aliphatic carbocycles. The number of hydrogen-bond donors (Lipinski definition) is 1. The molecule has 86 valence electrons. The molecule has 0 bridgehead atoms. The fourth-order valence-corrected chi connectivity index (χ4v) is 1.47. The zero-order valence-electron chi connectivity index (χ0n) is 9.03. The Balaban J connectivity index is 1.83. The van der Waals surface area contributed by atoms with E-state index in [0.717, 1.165) is 11.5 Å². The molecule has 0 aliphatic heterocycles. The number of tetrazole rings is 1. The number of nitrogens with one attached hydrogen (secondary N) is 1. The smallest absolute Gasteiger partial charge is 0.199 e. The summed E-state index contributed by atoms with van der Waals surface area (Å²) in [7, 11) is 0. The molecule has 8 heteroatoms. The predicted octanol–water partition coefficient (Wildman–Crippen LogP) is 0.428. The normalized spacial score (nSPS) is 10.9. The standard InChI is InChI=1S/C9H9N7O/c1-6-2-7(17-13-6)3-11-8-4-10-5-9-12-14-15-16(8)9/h2,4-5,11H,3H2,1H3. The number of aromatic nitrogens is 6. The van der Waals surface area contributed by atoms with Gasteiger partial charge in [0, 0.05) is 6.07 Å². The average Bonchev–Trinajstić information content (AvgIpc) is 2.94. The van der Waals surface area contributed by atoms with Crippen LogP contribution in [0.1, 0.15) is 11.5 Å². The molecule has 0 saturated heterocycles. The third-order valence-corrected chi connectivity index (χ3v) is 2.23. The molecule has 8 nitrogen and oxygen atoms in total. The van der Waals surface area contributed by atoms with E-state index in [0.29, 0.717) is 18.0 Å². The second-order valence-electron chi connectivity index (χ2n) is 3.53. The summed E-state index contributed by atoms with van der Waals surface area (Å²) in [6, 6.07) is 1.86. The number of aryl methyl sites for hydroxylation is 1. The summed E-state index contributed by atoms with van der Waals surface area (Å²) in [6.07, 6.45) is 3.23. The third-order valence-electron chi connectivity index (χ3n) is 2.23. The van der Waals surface area contributed by atoms with E-state index in [4.69, 9.17) is 4.52 Å². The number of hydrogen-bond acceptors (Lipinski definition) is 7. The fourth-order valence-electron chi connectivity index (χ4n) is 1.47. The van der Waals surface area contributed by atoms with E-state index < -0.39 is 0 Å². The molecule has 0 aliphatic rings. The van der Waals surface area contributed by atoms with Gasteiger partial charge in [-0.05, 0) is 17.4 Å². The first-order valence-corrected chi connectivity index (χ1v) is 5.01. The minimum absolute atomic E-state index is 0.501. The lowest BCUT2D eigenvalue weighted by Gasteiger charge is -2.03. The van der Waals surface area contributed by atoms with Gasteiger partial charge in [0.25, 0.3) is 0 Å². The largest absolute Gasteiger partial charge is 0.361 e. The van der Waals surface area contributed by atoms with Crippen molar-refractivity contribution in [1.82, 2.24) is 30.2 Å². The van der Waals surface area contributed by atoms with Crippen molar-refractivity contribution in [2.75, 3.05) is 5.32 Å².